The molecule has 0 N–H and O–H groups in total. The van der Waals surface area contributed by atoms with Gasteiger partial charge in [0.15, 0.2) is 17.3 Å². The Balaban J connectivity index is 1.71. The fourth-order valence-electron chi connectivity index (χ4n) is 3.80. The first-order valence-corrected chi connectivity index (χ1v) is 9.00. The van der Waals surface area contributed by atoms with Gasteiger partial charge >= 0.3 is 0 Å². The van der Waals surface area contributed by atoms with E-state index in [1.165, 1.54) is 13.0 Å². The van der Waals surface area contributed by atoms with Crippen molar-refractivity contribution in [3.05, 3.63) is 57.6 Å². The third-order valence-electron chi connectivity index (χ3n) is 5.09. The Morgan fingerprint density at radius 1 is 1.15 bits per heavy atom. The Labute approximate surface area is 156 Å². The highest BCUT2D eigenvalue weighted by molar-refractivity contribution is 5.95. The quantitative estimate of drug-likeness (QED) is 0.462. The normalized spacial score (nSPS) is 18.4. The molecule has 7 nitrogen and oxygen atoms in total. The van der Waals surface area contributed by atoms with Gasteiger partial charge in [-0.1, -0.05) is 6.07 Å². The van der Waals surface area contributed by atoms with Gasteiger partial charge in [-0.3, -0.25) is 14.9 Å². The molecule has 0 aliphatic carbocycles. The topological polar surface area (TPSA) is 81.9 Å². The van der Waals surface area contributed by atoms with E-state index in [1.807, 2.05) is 23.1 Å². The molecule has 0 saturated carbocycles. The van der Waals surface area contributed by atoms with Crippen LogP contribution in [-0.4, -0.2) is 30.5 Å². The number of nitro benzene ring substituents is 1. The molecular formula is C20H20N2O5. The number of ketones is 1. The molecule has 0 radical (unpaired) electrons. The molecule has 0 spiro atoms. The zero-order chi connectivity index (χ0) is 19.0. The lowest BCUT2D eigenvalue weighted by molar-refractivity contribution is -0.384. The Kier molecular flexibility index (Phi) is 4.43. The van der Waals surface area contributed by atoms with E-state index in [1.54, 1.807) is 12.1 Å². The highest BCUT2D eigenvalue weighted by atomic mass is 16.6. The van der Waals surface area contributed by atoms with E-state index >= 15 is 0 Å². The van der Waals surface area contributed by atoms with Crippen LogP contribution in [0.5, 0.6) is 11.5 Å². The average Bonchev–Trinajstić information content (AvgIpc) is 3.16. The van der Waals surface area contributed by atoms with Gasteiger partial charge in [0, 0.05) is 18.2 Å². The van der Waals surface area contributed by atoms with Crippen LogP contribution >= 0.6 is 0 Å². The second-order valence-electron chi connectivity index (χ2n) is 6.77. The summed E-state index contributed by atoms with van der Waals surface area (Å²) in [5, 5.41) is 11.6. The van der Waals surface area contributed by atoms with E-state index in [0.29, 0.717) is 30.2 Å². The van der Waals surface area contributed by atoms with Gasteiger partial charge in [0.25, 0.3) is 5.69 Å². The van der Waals surface area contributed by atoms with Gasteiger partial charge in [-0.25, -0.2) is 0 Å². The summed E-state index contributed by atoms with van der Waals surface area (Å²) in [5.41, 5.74) is 1.90. The van der Waals surface area contributed by atoms with Gasteiger partial charge in [-0.05, 0) is 49.6 Å². The fourth-order valence-corrected chi connectivity index (χ4v) is 3.80. The lowest BCUT2D eigenvalue weighted by Crippen LogP contribution is -2.24. The monoisotopic (exact) mass is 368 g/mol. The number of anilines is 1. The van der Waals surface area contributed by atoms with Gasteiger partial charge in [0.2, 0.25) is 0 Å². The molecule has 1 atom stereocenters. The number of hydrogen-bond donors (Lipinski definition) is 0. The number of nitro groups is 1. The van der Waals surface area contributed by atoms with Gasteiger partial charge in [-0.2, -0.15) is 0 Å². The molecule has 2 aliphatic rings. The molecule has 4 rings (SSSR count). The van der Waals surface area contributed by atoms with Crippen molar-refractivity contribution < 1.29 is 19.2 Å². The van der Waals surface area contributed by atoms with Crippen molar-refractivity contribution >= 4 is 17.2 Å². The van der Waals surface area contributed by atoms with E-state index < -0.39 is 4.92 Å². The van der Waals surface area contributed by atoms with Crippen molar-refractivity contribution in [3.8, 4) is 11.5 Å². The summed E-state index contributed by atoms with van der Waals surface area (Å²) in [6.45, 7) is 3.19. The van der Waals surface area contributed by atoms with Crippen molar-refractivity contribution in [1.29, 1.82) is 0 Å². The van der Waals surface area contributed by atoms with Crippen LogP contribution in [0.25, 0.3) is 0 Å². The molecule has 0 amide bonds. The van der Waals surface area contributed by atoms with E-state index in [9.17, 15) is 14.9 Å². The molecule has 7 heteroatoms. The molecule has 1 fully saturated rings. The number of rotatable bonds is 4. The molecule has 0 bridgehead atoms. The van der Waals surface area contributed by atoms with Gasteiger partial charge in [0.05, 0.1) is 11.0 Å². The summed E-state index contributed by atoms with van der Waals surface area (Å²) < 4.78 is 11.3. The minimum absolute atomic E-state index is 0.0164. The third-order valence-corrected chi connectivity index (χ3v) is 5.09. The van der Waals surface area contributed by atoms with Gasteiger partial charge < -0.3 is 14.4 Å². The zero-order valence-corrected chi connectivity index (χ0v) is 15.0. The second kappa shape index (κ2) is 6.90. The first kappa shape index (κ1) is 17.3. The Hall–Kier alpha value is -3.09. The molecule has 2 heterocycles. The SMILES string of the molecule is CC(=O)c1ccc(N2CCC[C@@H]2c2ccc3c(c2)OCCO3)c([N+](=O)[O-])c1. The van der Waals surface area contributed by atoms with Crippen molar-refractivity contribution in [2.24, 2.45) is 0 Å². The van der Waals surface area contributed by atoms with Crippen molar-refractivity contribution in [2.45, 2.75) is 25.8 Å². The Bertz CT molecular complexity index is 911. The predicted octanol–water partition coefficient (Wildman–Crippen LogP) is 3.91. The minimum atomic E-state index is -0.416. The highest BCUT2D eigenvalue weighted by Gasteiger charge is 2.32. The van der Waals surface area contributed by atoms with Crippen LogP contribution in [0.1, 0.15) is 41.7 Å². The number of benzene rings is 2. The lowest BCUT2D eigenvalue weighted by atomic mass is 10.0. The first-order valence-electron chi connectivity index (χ1n) is 9.00. The third kappa shape index (κ3) is 3.20. The Morgan fingerprint density at radius 2 is 1.93 bits per heavy atom. The standard InChI is InChI=1S/C20H20N2O5/c1-13(23)14-4-6-17(18(11-14)22(24)25)21-8-2-3-16(21)15-5-7-19-20(12-15)27-10-9-26-19/h4-7,11-12,16H,2-3,8-10H2,1H3/t16-/m1/s1. The zero-order valence-electron chi connectivity index (χ0n) is 15.0. The van der Waals surface area contributed by atoms with Gasteiger partial charge in [-0.15, -0.1) is 0 Å². The molecule has 1 saturated heterocycles. The number of carbonyl (C=O) groups excluding carboxylic acids is 1. The molecular weight excluding hydrogens is 348 g/mol. The molecule has 0 aromatic heterocycles. The van der Waals surface area contributed by atoms with Crippen LogP contribution in [0, 0.1) is 10.1 Å². The lowest BCUT2D eigenvalue weighted by Gasteiger charge is -2.28. The van der Waals surface area contributed by atoms with E-state index in [4.69, 9.17) is 9.47 Å². The number of carbonyl (C=O) groups is 1. The van der Waals surface area contributed by atoms with Crippen LogP contribution in [0.3, 0.4) is 0 Å². The minimum Gasteiger partial charge on any atom is -0.486 e. The summed E-state index contributed by atoms with van der Waals surface area (Å²) in [6.07, 6.45) is 1.83. The second-order valence-corrected chi connectivity index (χ2v) is 6.77. The largest absolute Gasteiger partial charge is 0.486 e. The van der Waals surface area contributed by atoms with Crippen molar-refractivity contribution in [1.82, 2.24) is 0 Å². The maximum atomic E-state index is 11.6. The average molecular weight is 368 g/mol. The molecule has 2 aliphatic heterocycles. The number of hydrogen-bond acceptors (Lipinski definition) is 6. The van der Waals surface area contributed by atoms with Crippen LogP contribution in [0.2, 0.25) is 0 Å². The molecule has 2 aromatic rings. The number of fused-ring (bicyclic) bond motifs is 1. The van der Waals surface area contributed by atoms with E-state index in [2.05, 4.69) is 0 Å². The summed E-state index contributed by atoms with van der Waals surface area (Å²) in [7, 11) is 0. The van der Waals surface area contributed by atoms with E-state index in [0.717, 1.165) is 30.7 Å². The maximum absolute atomic E-state index is 11.6. The fraction of sp³-hybridized carbons (Fsp3) is 0.350. The molecule has 2 aromatic carbocycles. The van der Waals surface area contributed by atoms with Crippen molar-refractivity contribution in [3.63, 3.8) is 0 Å². The maximum Gasteiger partial charge on any atom is 0.293 e. The number of nitrogens with zero attached hydrogens (tertiary/aromatic N) is 2. The summed E-state index contributed by atoms with van der Waals surface area (Å²) in [5.74, 6) is 1.26. The summed E-state index contributed by atoms with van der Waals surface area (Å²) >= 11 is 0. The smallest absolute Gasteiger partial charge is 0.293 e. The van der Waals surface area contributed by atoms with E-state index in [-0.39, 0.29) is 17.5 Å². The predicted molar refractivity (Wildman–Crippen MR) is 99.9 cm³/mol. The molecule has 140 valence electrons. The van der Waals surface area contributed by atoms with Gasteiger partial charge in [0.1, 0.15) is 18.9 Å². The number of ether oxygens (including phenoxy) is 2. The summed E-state index contributed by atoms with van der Waals surface area (Å²) in [4.78, 5) is 24.9. The number of Topliss-reactive ketones (excluding diaryl/α,β-unsaturated/α-hetero) is 1. The van der Waals surface area contributed by atoms with Crippen LogP contribution < -0.4 is 14.4 Å². The molecule has 27 heavy (non-hydrogen) atoms. The van der Waals surface area contributed by atoms with Crippen LogP contribution in [0.4, 0.5) is 11.4 Å². The molecule has 0 unspecified atom stereocenters. The summed E-state index contributed by atoms with van der Waals surface area (Å²) in [6, 6.07) is 10.6. The van der Waals surface area contributed by atoms with Crippen molar-refractivity contribution in [2.75, 3.05) is 24.7 Å². The Morgan fingerprint density at radius 3 is 2.67 bits per heavy atom. The van der Waals surface area contributed by atoms with Crippen LogP contribution in [0.15, 0.2) is 36.4 Å². The van der Waals surface area contributed by atoms with Crippen LogP contribution in [-0.2, 0) is 0 Å². The highest BCUT2D eigenvalue weighted by Crippen LogP contribution is 2.43. The first-order chi connectivity index (χ1) is 13.0.